The fourth-order valence-corrected chi connectivity index (χ4v) is 1.38. The first-order chi connectivity index (χ1) is 6.70. The molecule has 14 heavy (non-hydrogen) atoms. The summed E-state index contributed by atoms with van der Waals surface area (Å²) in [5, 5.41) is 8.93. The van der Waals surface area contributed by atoms with E-state index in [1.54, 1.807) is 12.1 Å². The predicted molar refractivity (Wildman–Crippen MR) is 54.9 cm³/mol. The van der Waals surface area contributed by atoms with E-state index in [1.165, 1.54) is 6.08 Å². The van der Waals surface area contributed by atoms with Gasteiger partial charge in [0.15, 0.2) is 0 Å². The Bertz CT molecular complexity index is 347. The first kappa shape index (κ1) is 10.5. The molecule has 0 aliphatic heterocycles. The van der Waals surface area contributed by atoms with E-state index in [2.05, 4.69) is 6.58 Å². The Labute approximate surface area is 82.9 Å². The molecule has 0 bridgehead atoms. The van der Waals surface area contributed by atoms with Crippen molar-refractivity contribution in [1.82, 2.24) is 0 Å². The van der Waals surface area contributed by atoms with Crippen molar-refractivity contribution in [2.24, 2.45) is 5.73 Å². The molecule has 0 radical (unpaired) electrons. The number of carboxylic acids is 1. The Morgan fingerprint density at radius 2 is 2.21 bits per heavy atom. The van der Waals surface area contributed by atoms with Gasteiger partial charge in [-0.15, -0.1) is 6.58 Å². The third-order valence-electron chi connectivity index (χ3n) is 2.11. The number of hydrogen-bond acceptors (Lipinski definition) is 2. The van der Waals surface area contributed by atoms with Crippen molar-refractivity contribution in [3.63, 3.8) is 0 Å². The molecule has 74 valence electrons. The predicted octanol–water partition coefficient (Wildman–Crippen LogP) is 1.50. The van der Waals surface area contributed by atoms with E-state index in [1.807, 2.05) is 12.1 Å². The molecule has 3 heteroatoms. The molecule has 0 saturated heterocycles. The summed E-state index contributed by atoms with van der Waals surface area (Å²) in [6.45, 7) is 3.85. The van der Waals surface area contributed by atoms with Crippen LogP contribution in [0.15, 0.2) is 36.9 Å². The van der Waals surface area contributed by atoms with Gasteiger partial charge < -0.3 is 10.8 Å². The average molecular weight is 191 g/mol. The maximum absolute atomic E-state index is 10.9. The zero-order valence-electron chi connectivity index (χ0n) is 7.81. The molecule has 0 aliphatic carbocycles. The van der Waals surface area contributed by atoms with E-state index in [-0.39, 0.29) is 0 Å². The number of rotatable bonds is 4. The molecule has 0 saturated carbocycles. The van der Waals surface area contributed by atoms with E-state index < -0.39 is 11.9 Å². The van der Waals surface area contributed by atoms with Crippen molar-refractivity contribution >= 4 is 5.97 Å². The maximum atomic E-state index is 10.9. The van der Waals surface area contributed by atoms with Gasteiger partial charge in [-0.25, -0.2) is 0 Å². The molecule has 0 aromatic heterocycles. The molecule has 1 aromatic rings. The monoisotopic (exact) mass is 191 g/mol. The molecular formula is C11H13NO2. The summed E-state index contributed by atoms with van der Waals surface area (Å²) in [5.41, 5.74) is 7.08. The molecule has 0 aliphatic rings. The van der Waals surface area contributed by atoms with Gasteiger partial charge in [-0.1, -0.05) is 30.3 Å². The Morgan fingerprint density at radius 3 is 2.71 bits per heavy atom. The van der Waals surface area contributed by atoms with Crippen LogP contribution in [0.4, 0.5) is 0 Å². The molecule has 0 spiro atoms. The molecule has 1 unspecified atom stereocenters. The minimum absolute atomic E-state index is 0.341. The highest BCUT2D eigenvalue weighted by Crippen LogP contribution is 2.21. The van der Waals surface area contributed by atoms with Crippen molar-refractivity contribution in [2.45, 2.75) is 12.5 Å². The number of benzene rings is 1. The van der Waals surface area contributed by atoms with Crippen LogP contribution in [0.1, 0.15) is 17.0 Å². The Hall–Kier alpha value is -1.61. The van der Waals surface area contributed by atoms with Gasteiger partial charge in [0.2, 0.25) is 0 Å². The van der Waals surface area contributed by atoms with E-state index in [0.717, 1.165) is 11.1 Å². The first-order valence-corrected chi connectivity index (χ1v) is 4.34. The van der Waals surface area contributed by atoms with Crippen molar-refractivity contribution in [3.8, 4) is 0 Å². The molecule has 1 aromatic carbocycles. The van der Waals surface area contributed by atoms with Gasteiger partial charge >= 0.3 is 5.97 Å². The van der Waals surface area contributed by atoms with Crippen molar-refractivity contribution in [3.05, 3.63) is 48.0 Å². The molecule has 1 rings (SSSR count). The maximum Gasteiger partial charge on any atom is 0.314 e. The third kappa shape index (κ3) is 2.00. The van der Waals surface area contributed by atoms with Crippen LogP contribution in [0.5, 0.6) is 0 Å². The molecule has 3 nitrogen and oxygen atoms in total. The molecule has 1 atom stereocenters. The number of hydrogen-bond donors (Lipinski definition) is 2. The van der Waals surface area contributed by atoms with Gasteiger partial charge in [0, 0.05) is 6.54 Å². The summed E-state index contributed by atoms with van der Waals surface area (Å²) in [4.78, 5) is 10.9. The summed E-state index contributed by atoms with van der Waals surface area (Å²) in [7, 11) is 0. The number of carboxylic acid groups (broad SMARTS) is 1. The number of carbonyl (C=O) groups is 1. The topological polar surface area (TPSA) is 63.3 Å². The first-order valence-electron chi connectivity index (χ1n) is 4.34. The Morgan fingerprint density at radius 1 is 1.57 bits per heavy atom. The van der Waals surface area contributed by atoms with Crippen LogP contribution in [-0.2, 0) is 11.3 Å². The van der Waals surface area contributed by atoms with Gasteiger partial charge in [0.25, 0.3) is 0 Å². The van der Waals surface area contributed by atoms with Crippen LogP contribution < -0.4 is 5.73 Å². The SMILES string of the molecule is C=CC(C(=O)O)c1ccccc1CN. The molecule has 0 fully saturated rings. The summed E-state index contributed by atoms with van der Waals surface area (Å²) >= 11 is 0. The van der Waals surface area contributed by atoms with E-state index in [9.17, 15) is 4.79 Å². The van der Waals surface area contributed by atoms with Crippen molar-refractivity contribution in [2.75, 3.05) is 0 Å². The lowest BCUT2D eigenvalue weighted by molar-refractivity contribution is -0.137. The van der Waals surface area contributed by atoms with E-state index in [0.29, 0.717) is 6.54 Å². The summed E-state index contributed by atoms with van der Waals surface area (Å²) in [5.74, 6) is -1.57. The van der Waals surface area contributed by atoms with Crippen LogP contribution in [-0.4, -0.2) is 11.1 Å². The van der Waals surface area contributed by atoms with Crippen LogP contribution in [0.25, 0.3) is 0 Å². The average Bonchev–Trinajstić information content (AvgIpc) is 2.19. The second kappa shape index (κ2) is 4.58. The number of aliphatic carboxylic acids is 1. The van der Waals surface area contributed by atoms with Crippen molar-refractivity contribution < 1.29 is 9.90 Å². The largest absolute Gasteiger partial charge is 0.481 e. The summed E-state index contributed by atoms with van der Waals surface area (Å²) < 4.78 is 0. The van der Waals surface area contributed by atoms with Gasteiger partial charge in [0.05, 0.1) is 5.92 Å². The summed E-state index contributed by atoms with van der Waals surface area (Å²) in [6, 6.07) is 7.24. The van der Waals surface area contributed by atoms with E-state index >= 15 is 0 Å². The molecular weight excluding hydrogens is 178 g/mol. The lowest BCUT2D eigenvalue weighted by atomic mass is 9.94. The van der Waals surface area contributed by atoms with Gasteiger partial charge in [-0.3, -0.25) is 4.79 Å². The van der Waals surface area contributed by atoms with Gasteiger partial charge in [0.1, 0.15) is 0 Å². The van der Waals surface area contributed by atoms with E-state index in [4.69, 9.17) is 10.8 Å². The van der Waals surface area contributed by atoms with Crippen LogP contribution in [0, 0.1) is 0 Å². The second-order valence-corrected chi connectivity index (χ2v) is 2.95. The highest BCUT2D eigenvalue weighted by molar-refractivity contribution is 5.78. The smallest absolute Gasteiger partial charge is 0.314 e. The minimum Gasteiger partial charge on any atom is -0.481 e. The van der Waals surface area contributed by atoms with Crippen LogP contribution >= 0.6 is 0 Å². The number of nitrogens with two attached hydrogens (primary N) is 1. The normalized spacial score (nSPS) is 12.1. The zero-order chi connectivity index (χ0) is 10.6. The molecule has 3 N–H and O–H groups in total. The van der Waals surface area contributed by atoms with Crippen molar-refractivity contribution in [1.29, 1.82) is 0 Å². The fraction of sp³-hybridized carbons (Fsp3) is 0.182. The zero-order valence-corrected chi connectivity index (χ0v) is 7.81. The highest BCUT2D eigenvalue weighted by atomic mass is 16.4. The minimum atomic E-state index is -0.902. The third-order valence-corrected chi connectivity index (χ3v) is 2.11. The Kier molecular flexibility index (Phi) is 3.42. The molecule has 0 amide bonds. The summed E-state index contributed by atoms with van der Waals surface area (Å²) in [6.07, 6.45) is 1.41. The lowest BCUT2D eigenvalue weighted by Gasteiger charge is -2.11. The highest BCUT2D eigenvalue weighted by Gasteiger charge is 2.17. The quantitative estimate of drug-likeness (QED) is 0.709. The molecule has 0 heterocycles. The Balaban J connectivity index is 3.15. The second-order valence-electron chi connectivity index (χ2n) is 2.95. The van der Waals surface area contributed by atoms with Crippen LogP contribution in [0.2, 0.25) is 0 Å². The standard InChI is InChI=1S/C11H13NO2/c1-2-9(11(13)14)10-6-4-3-5-8(10)7-12/h2-6,9H,1,7,12H2,(H,13,14). The van der Waals surface area contributed by atoms with Gasteiger partial charge in [-0.05, 0) is 11.1 Å². The van der Waals surface area contributed by atoms with Crippen LogP contribution in [0.3, 0.4) is 0 Å². The van der Waals surface area contributed by atoms with Gasteiger partial charge in [-0.2, -0.15) is 0 Å². The fourth-order valence-electron chi connectivity index (χ4n) is 1.38. The lowest BCUT2D eigenvalue weighted by Crippen LogP contribution is -2.12.